The Hall–Kier alpha value is -0.830. The van der Waals surface area contributed by atoms with E-state index in [1.54, 1.807) is 13.0 Å². The molecule has 1 aliphatic heterocycles. The van der Waals surface area contributed by atoms with Crippen LogP contribution in [0.2, 0.25) is 0 Å². The van der Waals surface area contributed by atoms with Crippen LogP contribution in [0.1, 0.15) is 39.0 Å². The summed E-state index contributed by atoms with van der Waals surface area (Å²) in [6, 6.07) is 0.252. The molecule has 1 amide bonds. The molecular formula is C12H21NO2. The average Bonchev–Trinajstić information content (AvgIpc) is 2.61. The number of allylic oxidation sites excluding steroid dienone is 1. The fourth-order valence-electron chi connectivity index (χ4n) is 2.17. The molecular weight excluding hydrogens is 190 g/mol. The number of likely N-dealkylation sites (tertiary alicyclic amines) is 1. The molecule has 1 rings (SSSR count). The van der Waals surface area contributed by atoms with Crippen LogP contribution in [0.15, 0.2) is 12.7 Å². The lowest BCUT2D eigenvalue weighted by Crippen LogP contribution is -2.36. The molecule has 3 nitrogen and oxygen atoms in total. The first kappa shape index (κ1) is 12.2. The molecule has 0 aromatic heterocycles. The topological polar surface area (TPSA) is 40.5 Å². The molecule has 0 bridgehead atoms. The lowest BCUT2D eigenvalue weighted by atomic mass is 10.1. The van der Waals surface area contributed by atoms with E-state index in [1.807, 2.05) is 4.90 Å². The second-order valence-corrected chi connectivity index (χ2v) is 4.30. The molecule has 1 saturated heterocycles. The fourth-order valence-corrected chi connectivity index (χ4v) is 2.17. The second-order valence-electron chi connectivity index (χ2n) is 4.30. The Morgan fingerprint density at radius 3 is 3.07 bits per heavy atom. The maximum absolute atomic E-state index is 11.8. The predicted octanol–water partition coefficient (Wildman–Crippen LogP) is 1.71. The maximum atomic E-state index is 11.8. The number of carbonyl (C=O) groups is 1. The third kappa shape index (κ3) is 3.67. The van der Waals surface area contributed by atoms with Gasteiger partial charge in [-0.2, -0.15) is 0 Å². The van der Waals surface area contributed by atoms with E-state index in [2.05, 4.69) is 6.58 Å². The van der Waals surface area contributed by atoms with Crippen LogP contribution in [0.5, 0.6) is 0 Å². The van der Waals surface area contributed by atoms with Crippen LogP contribution in [-0.4, -0.2) is 34.6 Å². The van der Waals surface area contributed by atoms with Crippen LogP contribution in [0, 0.1) is 0 Å². The van der Waals surface area contributed by atoms with Gasteiger partial charge in [-0.1, -0.05) is 6.08 Å². The fraction of sp³-hybridized carbons (Fsp3) is 0.750. The molecule has 0 spiro atoms. The first-order chi connectivity index (χ1) is 7.15. The second kappa shape index (κ2) is 5.91. The van der Waals surface area contributed by atoms with Gasteiger partial charge in [0.05, 0.1) is 6.10 Å². The van der Waals surface area contributed by atoms with Crippen molar-refractivity contribution in [2.75, 3.05) is 6.54 Å². The van der Waals surface area contributed by atoms with Crippen molar-refractivity contribution in [2.24, 2.45) is 0 Å². The SMILES string of the molecule is C=CCCC(=O)N1CCC[C@@H]1C[C@H](C)O. The smallest absolute Gasteiger partial charge is 0.223 e. The predicted molar refractivity (Wildman–Crippen MR) is 60.5 cm³/mol. The molecule has 0 unspecified atom stereocenters. The largest absolute Gasteiger partial charge is 0.393 e. The number of hydrogen-bond donors (Lipinski definition) is 1. The van der Waals surface area contributed by atoms with Crippen LogP contribution in [0.4, 0.5) is 0 Å². The molecule has 0 aliphatic carbocycles. The average molecular weight is 211 g/mol. The van der Waals surface area contributed by atoms with Crippen molar-refractivity contribution >= 4 is 5.91 Å². The Kier molecular flexibility index (Phi) is 4.82. The van der Waals surface area contributed by atoms with Crippen molar-refractivity contribution in [1.29, 1.82) is 0 Å². The Morgan fingerprint density at radius 1 is 1.73 bits per heavy atom. The lowest BCUT2D eigenvalue weighted by Gasteiger charge is -2.25. The van der Waals surface area contributed by atoms with Crippen molar-refractivity contribution in [3.05, 3.63) is 12.7 Å². The first-order valence-electron chi connectivity index (χ1n) is 5.73. The molecule has 0 aromatic carbocycles. The van der Waals surface area contributed by atoms with Crippen molar-refractivity contribution in [3.63, 3.8) is 0 Å². The van der Waals surface area contributed by atoms with Gasteiger partial charge in [-0.25, -0.2) is 0 Å². The van der Waals surface area contributed by atoms with Gasteiger partial charge in [0, 0.05) is 19.0 Å². The normalized spacial score (nSPS) is 22.8. The molecule has 0 saturated carbocycles. The quantitative estimate of drug-likeness (QED) is 0.703. The van der Waals surface area contributed by atoms with Crippen molar-refractivity contribution in [3.8, 4) is 0 Å². The highest BCUT2D eigenvalue weighted by Crippen LogP contribution is 2.22. The van der Waals surface area contributed by atoms with E-state index < -0.39 is 0 Å². The lowest BCUT2D eigenvalue weighted by molar-refractivity contribution is -0.132. The van der Waals surface area contributed by atoms with Gasteiger partial charge in [-0.3, -0.25) is 4.79 Å². The third-order valence-electron chi connectivity index (χ3n) is 2.87. The minimum absolute atomic E-state index is 0.207. The summed E-state index contributed by atoms with van der Waals surface area (Å²) in [5, 5.41) is 9.33. The van der Waals surface area contributed by atoms with E-state index in [0.29, 0.717) is 12.8 Å². The Bertz CT molecular complexity index is 226. The summed E-state index contributed by atoms with van der Waals surface area (Å²) in [5.74, 6) is 0.207. The van der Waals surface area contributed by atoms with Gasteiger partial charge < -0.3 is 10.0 Å². The molecule has 2 atom stereocenters. The minimum atomic E-state index is -0.317. The van der Waals surface area contributed by atoms with Crippen LogP contribution in [-0.2, 0) is 4.79 Å². The van der Waals surface area contributed by atoms with E-state index in [0.717, 1.165) is 25.8 Å². The van der Waals surface area contributed by atoms with E-state index in [1.165, 1.54) is 0 Å². The van der Waals surface area contributed by atoms with Crippen molar-refractivity contribution < 1.29 is 9.90 Å². The van der Waals surface area contributed by atoms with Crippen LogP contribution in [0.3, 0.4) is 0 Å². The van der Waals surface area contributed by atoms with Crippen LogP contribution >= 0.6 is 0 Å². The molecule has 86 valence electrons. The van der Waals surface area contributed by atoms with E-state index in [4.69, 9.17) is 0 Å². The van der Waals surface area contributed by atoms with Gasteiger partial charge >= 0.3 is 0 Å². The molecule has 1 N–H and O–H groups in total. The van der Waals surface area contributed by atoms with Gasteiger partial charge in [0.15, 0.2) is 0 Å². The summed E-state index contributed by atoms with van der Waals surface area (Å²) in [6.45, 7) is 6.25. The maximum Gasteiger partial charge on any atom is 0.223 e. The van der Waals surface area contributed by atoms with Crippen molar-refractivity contribution in [2.45, 2.75) is 51.2 Å². The van der Waals surface area contributed by atoms with Gasteiger partial charge in [-0.05, 0) is 32.6 Å². The summed E-state index contributed by atoms with van der Waals surface area (Å²) in [6.07, 6.45) is 5.57. The first-order valence-corrected chi connectivity index (χ1v) is 5.73. The molecule has 0 aromatic rings. The molecule has 0 radical (unpaired) electrons. The number of hydrogen-bond acceptors (Lipinski definition) is 2. The monoisotopic (exact) mass is 211 g/mol. The Morgan fingerprint density at radius 2 is 2.47 bits per heavy atom. The highest BCUT2D eigenvalue weighted by Gasteiger charge is 2.28. The Balaban J connectivity index is 2.44. The number of rotatable bonds is 5. The van der Waals surface area contributed by atoms with Gasteiger partial charge in [0.1, 0.15) is 0 Å². The van der Waals surface area contributed by atoms with E-state index >= 15 is 0 Å². The summed E-state index contributed by atoms with van der Waals surface area (Å²) in [7, 11) is 0. The summed E-state index contributed by atoms with van der Waals surface area (Å²) >= 11 is 0. The van der Waals surface area contributed by atoms with Gasteiger partial charge in [-0.15, -0.1) is 6.58 Å². The summed E-state index contributed by atoms with van der Waals surface area (Å²) < 4.78 is 0. The molecule has 3 heteroatoms. The highest BCUT2D eigenvalue weighted by atomic mass is 16.3. The number of carbonyl (C=O) groups excluding carboxylic acids is 1. The van der Waals surface area contributed by atoms with Gasteiger partial charge in [0.2, 0.25) is 5.91 Å². The molecule has 1 fully saturated rings. The van der Waals surface area contributed by atoms with Crippen molar-refractivity contribution in [1.82, 2.24) is 4.90 Å². The molecule has 1 heterocycles. The molecule has 15 heavy (non-hydrogen) atoms. The number of nitrogens with zero attached hydrogens (tertiary/aromatic N) is 1. The number of amides is 1. The standard InChI is InChI=1S/C12H21NO2/c1-3-4-7-12(15)13-8-5-6-11(13)9-10(2)14/h3,10-11,14H,1,4-9H2,2H3/t10-,11+/m0/s1. The number of aliphatic hydroxyl groups is 1. The van der Waals surface area contributed by atoms with E-state index in [9.17, 15) is 9.90 Å². The third-order valence-corrected chi connectivity index (χ3v) is 2.87. The van der Waals surface area contributed by atoms with Crippen LogP contribution < -0.4 is 0 Å². The summed E-state index contributed by atoms with van der Waals surface area (Å²) in [4.78, 5) is 13.7. The highest BCUT2D eigenvalue weighted by molar-refractivity contribution is 5.76. The number of aliphatic hydroxyl groups excluding tert-OH is 1. The van der Waals surface area contributed by atoms with Crippen LogP contribution in [0.25, 0.3) is 0 Å². The van der Waals surface area contributed by atoms with E-state index in [-0.39, 0.29) is 18.1 Å². The van der Waals surface area contributed by atoms with Gasteiger partial charge in [0.25, 0.3) is 0 Å². The molecule has 1 aliphatic rings. The zero-order valence-electron chi connectivity index (χ0n) is 9.48. The zero-order valence-corrected chi connectivity index (χ0v) is 9.48. The Labute approximate surface area is 91.8 Å². The summed E-state index contributed by atoms with van der Waals surface area (Å²) in [5.41, 5.74) is 0. The zero-order chi connectivity index (χ0) is 11.3. The minimum Gasteiger partial charge on any atom is -0.393 e.